The molecule has 7 heteroatoms. The molecule has 2 rings (SSSR count). The van der Waals surface area contributed by atoms with Gasteiger partial charge in [-0.05, 0) is 19.1 Å². The zero-order valence-electron chi connectivity index (χ0n) is 13.1. The number of carbonyl (C=O) groups is 2. The molecule has 2 aromatic rings. The number of aromatic carboxylic acids is 1. The van der Waals surface area contributed by atoms with Crippen molar-refractivity contribution in [2.75, 3.05) is 25.6 Å². The highest BCUT2D eigenvalue weighted by molar-refractivity contribution is 5.95. The predicted octanol–water partition coefficient (Wildman–Crippen LogP) is 2.08. The van der Waals surface area contributed by atoms with Gasteiger partial charge in [0.1, 0.15) is 11.4 Å². The summed E-state index contributed by atoms with van der Waals surface area (Å²) in [6.07, 6.45) is 1.39. The van der Waals surface area contributed by atoms with Crippen LogP contribution < -0.4 is 4.90 Å². The van der Waals surface area contributed by atoms with Crippen LogP contribution in [0.2, 0.25) is 0 Å². The van der Waals surface area contributed by atoms with Crippen molar-refractivity contribution >= 4 is 17.8 Å². The lowest BCUT2D eigenvalue weighted by atomic mass is 10.1. The largest absolute Gasteiger partial charge is 0.478 e. The molecule has 7 nitrogen and oxygen atoms in total. The van der Waals surface area contributed by atoms with Crippen molar-refractivity contribution in [3.8, 4) is 11.4 Å². The van der Waals surface area contributed by atoms with Crippen LogP contribution in [-0.4, -0.2) is 47.7 Å². The van der Waals surface area contributed by atoms with Crippen LogP contribution in [0.5, 0.6) is 0 Å². The average molecular weight is 315 g/mol. The Morgan fingerprint density at radius 1 is 1.30 bits per heavy atom. The number of carboxylic acids is 1. The number of aromatic nitrogens is 2. The first-order valence-corrected chi connectivity index (χ1v) is 6.99. The number of hydrogen-bond acceptors (Lipinski definition) is 6. The Labute approximate surface area is 133 Å². The third-order valence-corrected chi connectivity index (χ3v) is 3.06. The zero-order chi connectivity index (χ0) is 17.0. The first-order chi connectivity index (χ1) is 10.9. The molecule has 120 valence electrons. The summed E-state index contributed by atoms with van der Waals surface area (Å²) in [5, 5.41) is 9.06. The fraction of sp³-hybridized carbons (Fsp3) is 0.250. The van der Waals surface area contributed by atoms with Gasteiger partial charge in [-0.2, -0.15) is 0 Å². The summed E-state index contributed by atoms with van der Waals surface area (Å²) in [6, 6.07) is 6.31. The van der Waals surface area contributed by atoms with Gasteiger partial charge < -0.3 is 14.7 Å². The number of esters is 1. The van der Waals surface area contributed by atoms with Gasteiger partial charge in [0.2, 0.25) is 0 Å². The number of rotatable bonds is 5. The Balaban J connectivity index is 2.49. The molecule has 0 fully saturated rings. The maximum Gasteiger partial charge on any atom is 0.343 e. The minimum atomic E-state index is -1.03. The second kappa shape index (κ2) is 6.87. The molecule has 0 saturated carbocycles. The molecule has 1 N–H and O–H groups in total. The highest BCUT2D eigenvalue weighted by Gasteiger charge is 2.18. The predicted molar refractivity (Wildman–Crippen MR) is 84.7 cm³/mol. The fourth-order valence-electron chi connectivity index (χ4n) is 2.00. The lowest BCUT2D eigenvalue weighted by molar-refractivity contribution is 0.0525. The van der Waals surface area contributed by atoms with E-state index in [1.807, 2.05) is 0 Å². The van der Waals surface area contributed by atoms with Gasteiger partial charge in [-0.1, -0.05) is 12.1 Å². The Bertz CT molecular complexity index is 744. The molecule has 0 aliphatic rings. The van der Waals surface area contributed by atoms with E-state index in [4.69, 9.17) is 9.84 Å². The molecule has 0 unspecified atom stereocenters. The number of carbonyl (C=O) groups excluding carboxylic acids is 1. The van der Waals surface area contributed by atoms with E-state index in [0.717, 1.165) is 0 Å². The lowest BCUT2D eigenvalue weighted by Crippen LogP contribution is -2.18. The van der Waals surface area contributed by atoms with E-state index < -0.39 is 11.9 Å². The van der Waals surface area contributed by atoms with Crippen LogP contribution in [0.4, 0.5) is 5.82 Å². The van der Waals surface area contributed by atoms with E-state index in [1.165, 1.54) is 18.3 Å². The molecule has 0 aliphatic heterocycles. The van der Waals surface area contributed by atoms with Crippen LogP contribution >= 0.6 is 0 Å². The smallest absolute Gasteiger partial charge is 0.343 e. The molecule has 0 bridgehead atoms. The van der Waals surface area contributed by atoms with Crippen molar-refractivity contribution in [2.24, 2.45) is 0 Å². The molecule has 1 heterocycles. The van der Waals surface area contributed by atoms with Crippen LogP contribution in [0.3, 0.4) is 0 Å². The van der Waals surface area contributed by atoms with Gasteiger partial charge in [-0.25, -0.2) is 19.6 Å². The summed E-state index contributed by atoms with van der Waals surface area (Å²) in [4.78, 5) is 33.2. The Morgan fingerprint density at radius 2 is 2.04 bits per heavy atom. The summed E-state index contributed by atoms with van der Waals surface area (Å²) < 4.78 is 4.99. The normalized spacial score (nSPS) is 10.2. The first-order valence-electron chi connectivity index (χ1n) is 6.99. The lowest BCUT2D eigenvalue weighted by Gasteiger charge is -2.16. The Kier molecular flexibility index (Phi) is 4.90. The summed E-state index contributed by atoms with van der Waals surface area (Å²) >= 11 is 0. The Hall–Kier alpha value is -2.96. The van der Waals surface area contributed by atoms with Crippen molar-refractivity contribution in [2.45, 2.75) is 6.92 Å². The van der Waals surface area contributed by atoms with Gasteiger partial charge in [-0.3, -0.25) is 0 Å². The minimum absolute atomic E-state index is 0.145. The van der Waals surface area contributed by atoms with Crippen molar-refractivity contribution in [3.05, 3.63) is 41.6 Å². The molecule has 0 aliphatic carbocycles. The van der Waals surface area contributed by atoms with Crippen molar-refractivity contribution < 1.29 is 19.4 Å². The number of benzene rings is 1. The molecule has 23 heavy (non-hydrogen) atoms. The summed E-state index contributed by atoms with van der Waals surface area (Å²) in [5.74, 6) is -0.774. The highest BCUT2D eigenvalue weighted by Crippen LogP contribution is 2.22. The Morgan fingerprint density at radius 3 is 2.65 bits per heavy atom. The van der Waals surface area contributed by atoms with Gasteiger partial charge in [0.15, 0.2) is 5.82 Å². The van der Waals surface area contributed by atoms with Crippen LogP contribution in [-0.2, 0) is 4.74 Å². The monoisotopic (exact) mass is 315 g/mol. The number of carboxylic acid groups (broad SMARTS) is 1. The van der Waals surface area contributed by atoms with Gasteiger partial charge in [0, 0.05) is 25.9 Å². The SMILES string of the molecule is CCOC(=O)c1cnc(-c2cccc(C(=O)O)c2)nc1N(C)C. The van der Waals surface area contributed by atoms with Gasteiger partial charge in [0.05, 0.1) is 12.2 Å². The maximum atomic E-state index is 12.0. The van der Waals surface area contributed by atoms with E-state index >= 15 is 0 Å². The topological polar surface area (TPSA) is 92.6 Å². The number of hydrogen-bond donors (Lipinski definition) is 1. The van der Waals surface area contributed by atoms with Crippen LogP contribution in [0.1, 0.15) is 27.6 Å². The summed E-state index contributed by atoms with van der Waals surface area (Å²) in [7, 11) is 3.50. The van der Waals surface area contributed by atoms with Gasteiger partial charge in [-0.15, -0.1) is 0 Å². The number of nitrogens with zero attached hydrogens (tertiary/aromatic N) is 3. The van der Waals surface area contributed by atoms with Crippen LogP contribution in [0.15, 0.2) is 30.5 Å². The highest BCUT2D eigenvalue weighted by atomic mass is 16.5. The molecule has 0 radical (unpaired) electrons. The molecular formula is C16H17N3O4. The van der Waals surface area contributed by atoms with E-state index in [2.05, 4.69) is 9.97 Å². The number of anilines is 1. The molecule has 0 atom stereocenters. The summed E-state index contributed by atoms with van der Waals surface area (Å²) in [6.45, 7) is 1.98. The molecule has 0 amide bonds. The van der Waals surface area contributed by atoms with Crippen molar-refractivity contribution in [1.29, 1.82) is 0 Å². The third-order valence-electron chi connectivity index (χ3n) is 3.06. The van der Waals surface area contributed by atoms with Gasteiger partial charge >= 0.3 is 11.9 Å². The molecular weight excluding hydrogens is 298 g/mol. The molecule has 1 aromatic carbocycles. The molecule has 0 spiro atoms. The molecule has 1 aromatic heterocycles. The summed E-state index contributed by atoms with van der Waals surface area (Å²) in [5.41, 5.74) is 0.963. The molecule has 0 saturated heterocycles. The zero-order valence-corrected chi connectivity index (χ0v) is 13.1. The van der Waals surface area contributed by atoms with Crippen molar-refractivity contribution in [1.82, 2.24) is 9.97 Å². The van der Waals surface area contributed by atoms with E-state index in [9.17, 15) is 9.59 Å². The quantitative estimate of drug-likeness (QED) is 0.844. The standard InChI is InChI=1S/C16H17N3O4/c1-4-23-16(22)12-9-17-13(18-14(12)19(2)3)10-6-5-7-11(8-10)15(20)21/h5-9H,4H2,1-3H3,(H,20,21). The second-order valence-electron chi connectivity index (χ2n) is 4.93. The van der Waals surface area contributed by atoms with Crippen LogP contribution in [0.25, 0.3) is 11.4 Å². The fourth-order valence-corrected chi connectivity index (χ4v) is 2.00. The van der Waals surface area contributed by atoms with Gasteiger partial charge in [0.25, 0.3) is 0 Å². The average Bonchev–Trinajstić information content (AvgIpc) is 2.54. The maximum absolute atomic E-state index is 12.0. The minimum Gasteiger partial charge on any atom is -0.478 e. The van der Waals surface area contributed by atoms with E-state index in [1.54, 1.807) is 38.1 Å². The second-order valence-corrected chi connectivity index (χ2v) is 4.93. The number of ether oxygens (including phenoxy) is 1. The first kappa shape index (κ1) is 16.4. The van der Waals surface area contributed by atoms with Crippen LogP contribution in [0, 0.1) is 0 Å². The van der Waals surface area contributed by atoms with E-state index in [0.29, 0.717) is 17.2 Å². The van der Waals surface area contributed by atoms with Crippen molar-refractivity contribution in [3.63, 3.8) is 0 Å². The van der Waals surface area contributed by atoms with E-state index in [-0.39, 0.29) is 17.7 Å². The third kappa shape index (κ3) is 3.63.